The maximum Gasteiger partial charge on any atom is 0.314 e. The molecule has 0 aromatic heterocycles. The van der Waals surface area contributed by atoms with Crippen molar-refractivity contribution >= 4 is 5.97 Å². The summed E-state index contributed by atoms with van der Waals surface area (Å²) in [6, 6.07) is 9.72. The van der Waals surface area contributed by atoms with Gasteiger partial charge in [0.15, 0.2) is 0 Å². The minimum atomic E-state index is -0.234. The number of hydrogen-bond acceptors (Lipinski definition) is 4. The van der Waals surface area contributed by atoms with Crippen LogP contribution in [-0.4, -0.2) is 12.6 Å². The molecule has 0 amide bonds. The fraction of sp³-hybridized carbons (Fsp3) is 0.652. The van der Waals surface area contributed by atoms with Crippen LogP contribution in [0.4, 0.5) is 0 Å². The van der Waals surface area contributed by atoms with Crippen LogP contribution in [0, 0.1) is 22.7 Å². The van der Waals surface area contributed by atoms with Crippen molar-refractivity contribution in [2.24, 2.45) is 11.3 Å². The molecule has 0 atom stereocenters. The van der Waals surface area contributed by atoms with Gasteiger partial charge >= 0.3 is 5.97 Å². The predicted octanol–water partition coefficient (Wildman–Crippen LogP) is 6.05. The molecular weight excluding hydrogens is 338 g/mol. The van der Waals surface area contributed by atoms with Crippen molar-refractivity contribution < 1.29 is 14.3 Å². The maximum atomic E-state index is 12.5. The molecule has 0 N–H and O–H groups in total. The fourth-order valence-electron chi connectivity index (χ4n) is 3.86. The summed E-state index contributed by atoms with van der Waals surface area (Å²) in [6.07, 6.45) is 10.2. The average Bonchev–Trinajstić information content (AvgIpc) is 2.70. The minimum Gasteiger partial charge on any atom is -0.494 e. The molecule has 4 heteroatoms. The molecule has 1 saturated carbocycles. The van der Waals surface area contributed by atoms with Crippen LogP contribution in [-0.2, 0) is 4.79 Å². The van der Waals surface area contributed by atoms with E-state index in [1.807, 2.05) is 19.1 Å². The molecule has 1 aromatic carbocycles. The van der Waals surface area contributed by atoms with Crippen LogP contribution in [0.5, 0.6) is 11.5 Å². The van der Waals surface area contributed by atoms with Crippen LogP contribution in [0.3, 0.4) is 0 Å². The lowest BCUT2D eigenvalue weighted by molar-refractivity contribution is -0.140. The summed E-state index contributed by atoms with van der Waals surface area (Å²) in [6.45, 7) is 4.76. The summed E-state index contributed by atoms with van der Waals surface area (Å²) in [5.74, 6) is 1.05. The van der Waals surface area contributed by atoms with Gasteiger partial charge in [-0.2, -0.15) is 5.26 Å². The Kier molecular flexibility index (Phi) is 8.64. The zero-order chi connectivity index (χ0) is 19.5. The van der Waals surface area contributed by atoms with E-state index in [1.165, 1.54) is 25.7 Å². The largest absolute Gasteiger partial charge is 0.494 e. The number of ether oxygens (including phenoxy) is 2. The van der Waals surface area contributed by atoms with Gasteiger partial charge in [-0.3, -0.25) is 4.79 Å². The summed E-state index contributed by atoms with van der Waals surface area (Å²) in [4.78, 5) is 12.5. The fourth-order valence-corrected chi connectivity index (χ4v) is 3.86. The molecule has 0 spiro atoms. The van der Waals surface area contributed by atoms with Crippen molar-refractivity contribution in [2.75, 3.05) is 6.61 Å². The van der Waals surface area contributed by atoms with E-state index in [-0.39, 0.29) is 17.3 Å². The summed E-state index contributed by atoms with van der Waals surface area (Å²) < 4.78 is 10.9. The predicted molar refractivity (Wildman–Crippen MR) is 107 cm³/mol. The first-order chi connectivity index (χ1) is 13.1. The highest BCUT2D eigenvalue weighted by molar-refractivity contribution is 5.75. The molecule has 0 bridgehead atoms. The first kappa shape index (κ1) is 21.3. The van der Waals surface area contributed by atoms with E-state index < -0.39 is 0 Å². The Bertz CT molecular complexity index is 610. The first-order valence-electron chi connectivity index (χ1n) is 10.5. The maximum absolute atomic E-state index is 12.5. The third kappa shape index (κ3) is 6.57. The van der Waals surface area contributed by atoms with Crippen molar-refractivity contribution in [1.29, 1.82) is 5.26 Å². The quantitative estimate of drug-likeness (QED) is 0.285. The molecule has 27 heavy (non-hydrogen) atoms. The summed E-state index contributed by atoms with van der Waals surface area (Å²) in [5.41, 5.74) is -0.234. The van der Waals surface area contributed by atoms with E-state index >= 15 is 0 Å². The Morgan fingerprint density at radius 3 is 2.30 bits per heavy atom. The molecule has 0 saturated heterocycles. The first-order valence-corrected chi connectivity index (χ1v) is 10.5. The number of rotatable bonds is 10. The van der Waals surface area contributed by atoms with Gasteiger partial charge in [-0.15, -0.1) is 0 Å². The second-order valence-electron chi connectivity index (χ2n) is 7.66. The molecule has 4 nitrogen and oxygen atoms in total. The highest BCUT2D eigenvalue weighted by Crippen LogP contribution is 2.42. The van der Waals surface area contributed by atoms with E-state index in [2.05, 4.69) is 13.0 Å². The van der Waals surface area contributed by atoms with E-state index in [1.54, 1.807) is 12.1 Å². The summed E-state index contributed by atoms with van der Waals surface area (Å²) in [5, 5.41) is 9.70. The molecule has 0 unspecified atom stereocenters. The van der Waals surface area contributed by atoms with Crippen molar-refractivity contribution in [2.45, 2.75) is 78.1 Å². The van der Waals surface area contributed by atoms with Crippen LogP contribution < -0.4 is 9.47 Å². The molecule has 1 aliphatic carbocycles. The minimum absolute atomic E-state index is 0.0989. The standard InChI is InChI=1S/C23H33NO3/c1-3-5-6-7-8-15-23(18-24)16-13-19(14-17-23)22(25)27-21-11-9-20(10-12-21)26-4-2/h9-12,19H,3-8,13-17H2,1-2H3. The Morgan fingerprint density at radius 1 is 1.07 bits per heavy atom. The van der Waals surface area contributed by atoms with E-state index in [0.717, 1.165) is 44.3 Å². The molecule has 0 radical (unpaired) electrons. The molecule has 148 valence electrons. The van der Waals surface area contributed by atoms with Crippen LogP contribution >= 0.6 is 0 Å². The smallest absolute Gasteiger partial charge is 0.314 e. The van der Waals surface area contributed by atoms with Gasteiger partial charge in [0.2, 0.25) is 0 Å². The number of hydrogen-bond donors (Lipinski definition) is 0. The topological polar surface area (TPSA) is 59.3 Å². The van der Waals surface area contributed by atoms with Crippen molar-refractivity contribution in [1.82, 2.24) is 0 Å². The van der Waals surface area contributed by atoms with Crippen molar-refractivity contribution in [3.05, 3.63) is 24.3 Å². The lowest BCUT2D eigenvalue weighted by Gasteiger charge is -2.34. The monoisotopic (exact) mass is 371 g/mol. The highest BCUT2D eigenvalue weighted by atomic mass is 16.5. The van der Waals surface area contributed by atoms with Gasteiger partial charge in [0.25, 0.3) is 0 Å². The summed E-state index contributed by atoms with van der Waals surface area (Å²) >= 11 is 0. The van der Waals surface area contributed by atoms with Gasteiger partial charge in [-0.25, -0.2) is 0 Å². The van der Waals surface area contributed by atoms with Gasteiger partial charge in [0.1, 0.15) is 11.5 Å². The van der Waals surface area contributed by atoms with E-state index in [0.29, 0.717) is 12.4 Å². The second-order valence-corrected chi connectivity index (χ2v) is 7.66. The molecule has 1 aliphatic rings. The SMILES string of the molecule is CCCCCCCC1(C#N)CCC(C(=O)Oc2ccc(OCC)cc2)CC1. The number of carbonyl (C=O) groups is 1. The molecule has 1 fully saturated rings. The number of benzene rings is 1. The zero-order valence-electron chi connectivity index (χ0n) is 16.8. The van der Waals surface area contributed by atoms with Crippen LogP contribution in [0.25, 0.3) is 0 Å². The van der Waals surface area contributed by atoms with E-state index in [4.69, 9.17) is 9.47 Å². The second kappa shape index (κ2) is 11.0. The Hall–Kier alpha value is -2.02. The summed E-state index contributed by atoms with van der Waals surface area (Å²) in [7, 11) is 0. The molecule has 1 aromatic rings. The van der Waals surface area contributed by atoms with Crippen LogP contribution in [0.2, 0.25) is 0 Å². The number of unbranched alkanes of at least 4 members (excludes halogenated alkanes) is 4. The lowest BCUT2D eigenvalue weighted by Crippen LogP contribution is -2.31. The molecular formula is C23H33NO3. The normalized spacial score (nSPS) is 22.0. The number of esters is 1. The third-order valence-corrected chi connectivity index (χ3v) is 5.63. The number of nitriles is 1. The van der Waals surface area contributed by atoms with Crippen molar-refractivity contribution in [3.8, 4) is 17.6 Å². The van der Waals surface area contributed by atoms with Crippen LogP contribution in [0.15, 0.2) is 24.3 Å². The van der Waals surface area contributed by atoms with Gasteiger partial charge in [0, 0.05) is 0 Å². The Labute approximate surface area is 163 Å². The molecule has 0 aliphatic heterocycles. The van der Waals surface area contributed by atoms with Gasteiger partial charge in [-0.1, -0.05) is 39.0 Å². The number of nitrogens with zero attached hydrogens (tertiary/aromatic N) is 1. The number of carbonyl (C=O) groups excluding carboxylic acids is 1. The van der Waals surface area contributed by atoms with Crippen LogP contribution in [0.1, 0.15) is 78.1 Å². The zero-order valence-corrected chi connectivity index (χ0v) is 16.8. The molecule has 2 rings (SSSR count). The molecule has 0 heterocycles. The highest BCUT2D eigenvalue weighted by Gasteiger charge is 2.37. The Morgan fingerprint density at radius 2 is 1.70 bits per heavy atom. The van der Waals surface area contributed by atoms with Gasteiger partial charge in [0.05, 0.1) is 24.0 Å². The van der Waals surface area contributed by atoms with E-state index in [9.17, 15) is 10.1 Å². The van der Waals surface area contributed by atoms with Gasteiger partial charge < -0.3 is 9.47 Å². The third-order valence-electron chi connectivity index (χ3n) is 5.63. The Balaban J connectivity index is 1.79. The average molecular weight is 372 g/mol. The lowest BCUT2D eigenvalue weighted by atomic mass is 9.69. The van der Waals surface area contributed by atoms with Gasteiger partial charge in [-0.05, 0) is 63.3 Å². The van der Waals surface area contributed by atoms with Crippen molar-refractivity contribution in [3.63, 3.8) is 0 Å².